The topological polar surface area (TPSA) is 66.7 Å². The van der Waals surface area contributed by atoms with Crippen LogP contribution in [-0.2, 0) is 13.0 Å². The molecular formula is C18H19N3O3. The second-order valence-electron chi connectivity index (χ2n) is 6.04. The summed E-state index contributed by atoms with van der Waals surface area (Å²) >= 11 is 0. The number of nitrogens with zero attached hydrogens (tertiary/aromatic N) is 3. The molecule has 1 saturated heterocycles. The zero-order chi connectivity index (χ0) is 17.1. The van der Waals surface area contributed by atoms with E-state index in [1.165, 1.54) is 12.1 Å². The van der Waals surface area contributed by atoms with Gasteiger partial charge in [-0.1, -0.05) is 42.5 Å². The Hall–Kier alpha value is -2.89. The van der Waals surface area contributed by atoms with E-state index < -0.39 is 4.92 Å². The van der Waals surface area contributed by atoms with Gasteiger partial charge in [-0.15, -0.1) is 0 Å². The predicted octanol–water partition coefficient (Wildman–Crippen LogP) is 3.07. The maximum absolute atomic E-state index is 12.4. The van der Waals surface area contributed by atoms with Crippen molar-refractivity contribution in [1.29, 1.82) is 0 Å². The molecule has 3 rings (SSSR count). The normalized spacial score (nSPS) is 17.4. The minimum atomic E-state index is -0.406. The van der Waals surface area contributed by atoms with E-state index in [4.69, 9.17) is 0 Å². The SMILES string of the molecule is CN1C(=O)N(Cc2ccccc2)CC1Cc1ccc([N+](=O)[O-])cc1. The van der Waals surface area contributed by atoms with E-state index in [1.807, 2.05) is 42.3 Å². The third-order valence-corrected chi connectivity index (χ3v) is 4.39. The lowest BCUT2D eigenvalue weighted by molar-refractivity contribution is -0.384. The monoisotopic (exact) mass is 325 g/mol. The number of non-ortho nitro benzene ring substituents is 1. The number of hydrogen-bond acceptors (Lipinski definition) is 3. The van der Waals surface area contributed by atoms with Crippen LogP contribution in [0, 0.1) is 10.1 Å². The largest absolute Gasteiger partial charge is 0.323 e. The fraction of sp³-hybridized carbons (Fsp3) is 0.278. The van der Waals surface area contributed by atoms with Crippen LogP contribution in [0.3, 0.4) is 0 Å². The highest BCUT2D eigenvalue weighted by Gasteiger charge is 2.34. The zero-order valence-electron chi connectivity index (χ0n) is 13.5. The summed E-state index contributed by atoms with van der Waals surface area (Å²) in [5.41, 5.74) is 2.18. The van der Waals surface area contributed by atoms with Gasteiger partial charge in [-0.05, 0) is 17.5 Å². The number of amides is 2. The van der Waals surface area contributed by atoms with Crippen LogP contribution in [0.25, 0.3) is 0 Å². The molecule has 124 valence electrons. The molecule has 0 aliphatic carbocycles. The van der Waals surface area contributed by atoms with Gasteiger partial charge in [0.1, 0.15) is 0 Å². The molecule has 0 spiro atoms. The molecular weight excluding hydrogens is 306 g/mol. The minimum Gasteiger partial charge on any atom is -0.323 e. The van der Waals surface area contributed by atoms with Crippen molar-refractivity contribution < 1.29 is 9.72 Å². The molecule has 6 nitrogen and oxygen atoms in total. The number of benzene rings is 2. The first-order valence-electron chi connectivity index (χ1n) is 7.83. The van der Waals surface area contributed by atoms with Crippen LogP contribution in [0.5, 0.6) is 0 Å². The molecule has 1 atom stereocenters. The van der Waals surface area contributed by atoms with E-state index in [-0.39, 0.29) is 17.8 Å². The van der Waals surface area contributed by atoms with Gasteiger partial charge in [-0.2, -0.15) is 0 Å². The fourth-order valence-electron chi connectivity index (χ4n) is 3.00. The Kier molecular flexibility index (Phi) is 4.46. The average Bonchev–Trinajstić information content (AvgIpc) is 2.84. The van der Waals surface area contributed by atoms with Crippen molar-refractivity contribution in [3.05, 3.63) is 75.8 Å². The van der Waals surface area contributed by atoms with Crippen molar-refractivity contribution in [1.82, 2.24) is 9.80 Å². The van der Waals surface area contributed by atoms with E-state index >= 15 is 0 Å². The fourth-order valence-corrected chi connectivity index (χ4v) is 3.00. The van der Waals surface area contributed by atoms with E-state index in [1.54, 1.807) is 17.0 Å². The molecule has 2 aromatic rings. The molecule has 0 saturated carbocycles. The summed E-state index contributed by atoms with van der Waals surface area (Å²) < 4.78 is 0. The molecule has 1 unspecified atom stereocenters. The lowest BCUT2D eigenvalue weighted by atomic mass is 10.1. The maximum atomic E-state index is 12.4. The Balaban J connectivity index is 1.66. The Morgan fingerprint density at radius 3 is 2.38 bits per heavy atom. The summed E-state index contributed by atoms with van der Waals surface area (Å²) in [6.45, 7) is 1.25. The lowest BCUT2D eigenvalue weighted by Gasteiger charge is -2.17. The summed E-state index contributed by atoms with van der Waals surface area (Å²) in [5.74, 6) is 0. The molecule has 6 heteroatoms. The van der Waals surface area contributed by atoms with Gasteiger partial charge in [0.25, 0.3) is 5.69 Å². The number of rotatable bonds is 5. The number of nitro benzene ring substituents is 1. The van der Waals surface area contributed by atoms with Crippen molar-refractivity contribution >= 4 is 11.7 Å². The van der Waals surface area contributed by atoms with Crippen LogP contribution in [0.1, 0.15) is 11.1 Å². The van der Waals surface area contributed by atoms with Gasteiger partial charge in [0.15, 0.2) is 0 Å². The number of nitro groups is 1. The number of hydrogen-bond donors (Lipinski definition) is 0. The molecule has 24 heavy (non-hydrogen) atoms. The van der Waals surface area contributed by atoms with Crippen LogP contribution in [-0.4, -0.2) is 40.4 Å². The average molecular weight is 325 g/mol. The Morgan fingerprint density at radius 1 is 1.08 bits per heavy atom. The number of carbonyl (C=O) groups excluding carboxylic acids is 1. The summed E-state index contributed by atoms with van der Waals surface area (Å²) in [6, 6.07) is 16.5. The van der Waals surface area contributed by atoms with Crippen LogP contribution in [0.15, 0.2) is 54.6 Å². The van der Waals surface area contributed by atoms with Gasteiger partial charge in [0.05, 0.1) is 11.0 Å². The van der Waals surface area contributed by atoms with Gasteiger partial charge in [0.2, 0.25) is 0 Å². The van der Waals surface area contributed by atoms with E-state index in [0.717, 1.165) is 11.1 Å². The van der Waals surface area contributed by atoms with Crippen LogP contribution >= 0.6 is 0 Å². The smallest absolute Gasteiger partial charge is 0.320 e. The Bertz CT molecular complexity index is 731. The lowest BCUT2D eigenvalue weighted by Crippen LogP contribution is -2.32. The summed E-state index contributed by atoms with van der Waals surface area (Å²) in [6.07, 6.45) is 0.686. The molecule has 0 radical (unpaired) electrons. The standard InChI is InChI=1S/C18H19N3O3/c1-19-17(11-14-7-9-16(10-8-14)21(23)24)13-20(18(19)22)12-15-5-3-2-4-6-15/h2-10,17H,11-13H2,1H3. The minimum absolute atomic E-state index is 0.0192. The van der Waals surface area contributed by atoms with Crippen molar-refractivity contribution in [3.8, 4) is 0 Å². The summed E-state index contributed by atoms with van der Waals surface area (Å²) in [5, 5.41) is 10.7. The Morgan fingerprint density at radius 2 is 1.75 bits per heavy atom. The van der Waals surface area contributed by atoms with Crippen molar-refractivity contribution in [3.63, 3.8) is 0 Å². The van der Waals surface area contributed by atoms with Crippen LogP contribution in [0.2, 0.25) is 0 Å². The first-order chi connectivity index (χ1) is 11.5. The molecule has 1 fully saturated rings. The van der Waals surface area contributed by atoms with Crippen LogP contribution < -0.4 is 0 Å². The van der Waals surface area contributed by atoms with Gasteiger partial charge in [0, 0.05) is 32.3 Å². The molecule has 1 aliphatic heterocycles. The van der Waals surface area contributed by atoms with Crippen molar-refractivity contribution in [2.75, 3.05) is 13.6 Å². The van der Waals surface area contributed by atoms with E-state index in [0.29, 0.717) is 19.5 Å². The van der Waals surface area contributed by atoms with E-state index in [9.17, 15) is 14.9 Å². The highest BCUT2D eigenvalue weighted by atomic mass is 16.6. The van der Waals surface area contributed by atoms with Gasteiger partial charge < -0.3 is 9.80 Å². The highest BCUT2D eigenvalue weighted by molar-refractivity contribution is 5.77. The molecule has 1 heterocycles. The Labute approximate surface area is 140 Å². The summed E-state index contributed by atoms with van der Waals surface area (Å²) in [4.78, 5) is 26.3. The predicted molar refractivity (Wildman–Crippen MR) is 90.6 cm³/mol. The molecule has 0 aromatic heterocycles. The highest BCUT2D eigenvalue weighted by Crippen LogP contribution is 2.21. The molecule has 2 aromatic carbocycles. The number of carbonyl (C=O) groups is 1. The van der Waals surface area contributed by atoms with Crippen molar-refractivity contribution in [2.45, 2.75) is 19.0 Å². The first kappa shape index (κ1) is 16.0. The van der Waals surface area contributed by atoms with Crippen LogP contribution in [0.4, 0.5) is 10.5 Å². The zero-order valence-corrected chi connectivity index (χ0v) is 13.5. The quantitative estimate of drug-likeness (QED) is 0.627. The van der Waals surface area contributed by atoms with Gasteiger partial charge in [-0.25, -0.2) is 4.79 Å². The maximum Gasteiger partial charge on any atom is 0.320 e. The second kappa shape index (κ2) is 6.70. The number of likely N-dealkylation sites (N-methyl/N-ethyl adjacent to an activating group) is 1. The summed E-state index contributed by atoms with van der Waals surface area (Å²) in [7, 11) is 1.81. The molecule has 0 N–H and O–H groups in total. The third kappa shape index (κ3) is 3.37. The molecule has 2 amide bonds. The first-order valence-corrected chi connectivity index (χ1v) is 7.83. The van der Waals surface area contributed by atoms with Gasteiger partial charge >= 0.3 is 6.03 Å². The number of urea groups is 1. The van der Waals surface area contributed by atoms with E-state index in [2.05, 4.69) is 0 Å². The molecule has 1 aliphatic rings. The van der Waals surface area contributed by atoms with Crippen molar-refractivity contribution in [2.24, 2.45) is 0 Å². The molecule has 0 bridgehead atoms. The van der Waals surface area contributed by atoms with Gasteiger partial charge in [-0.3, -0.25) is 10.1 Å². The third-order valence-electron chi connectivity index (χ3n) is 4.39. The second-order valence-corrected chi connectivity index (χ2v) is 6.04.